The van der Waals surface area contributed by atoms with Crippen LogP contribution in [0.3, 0.4) is 0 Å². The van der Waals surface area contributed by atoms with Gasteiger partial charge in [-0.25, -0.2) is 0 Å². The van der Waals surface area contributed by atoms with Crippen LogP contribution in [0.25, 0.3) is 0 Å². The molecule has 0 saturated heterocycles. The average Bonchev–Trinajstić information content (AvgIpc) is 2.57. The summed E-state index contributed by atoms with van der Waals surface area (Å²) >= 11 is 7.68. The predicted molar refractivity (Wildman–Crippen MR) is 58.7 cm³/mol. The van der Waals surface area contributed by atoms with Crippen LogP contribution in [0.2, 0.25) is 5.02 Å². The van der Waals surface area contributed by atoms with E-state index in [1.807, 2.05) is 11.4 Å². The number of aliphatic hydroxyl groups is 1. The van der Waals surface area contributed by atoms with E-state index < -0.39 is 5.60 Å². The monoisotopic (exact) mass is 228 g/mol. The standard InChI is InChI=1S/C11H13ClOS/c12-9-5-6-14-10(9)11(13)7-3-1-2-4-8(7)11/h5-8,13H,1-4H2. The fourth-order valence-corrected chi connectivity index (χ4v) is 4.44. The summed E-state index contributed by atoms with van der Waals surface area (Å²) in [6.45, 7) is 0. The third kappa shape index (κ3) is 1.05. The topological polar surface area (TPSA) is 20.2 Å². The number of rotatable bonds is 1. The second kappa shape index (κ2) is 2.97. The van der Waals surface area contributed by atoms with Crippen LogP contribution in [0.5, 0.6) is 0 Å². The highest BCUT2D eigenvalue weighted by Gasteiger charge is 2.65. The summed E-state index contributed by atoms with van der Waals surface area (Å²) in [5, 5.41) is 13.3. The van der Waals surface area contributed by atoms with Crippen molar-refractivity contribution in [1.82, 2.24) is 0 Å². The van der Waals surface area contributed by atoms with Gasteiger partial charge in [-0.05, 0) is 36.1 Å². The third-order valence-electron chi connectivity index (χ3n) is 3.77. The van der Waals surface area contributed by atoms with Gasteiger partial charge in [0.15, 0.2) is 0 Å². The Bertz CT molecular complexity index is 348. The molecule has 3 rings (SSSR count). The van der Waals surface area contributed by atoms with Gasteiger partial charge in [-0.3, -0.25) is 0 Å². The van der Waals surface area contributed by atoms with Crippen molar-refractivity contribution in [2.45, 2.75) is 31.3 Å². The highest BCUT2D eigenvalue weighted by molar-refractivity contribution is 7.10. The fourth-order valence-electron chi connectivity index (χ4n) is 3.01. The molecule has 2 unspecified atom stereocenters. The van der Waals surface area contributed by atoms with Crippen molar-refractivity contribution in [3.63, 3.8) is 0 Å². The normalized spacial score (nSPS) is 40.7. The Hall–Kier alpha value is -0.0500. The number of thiophene rings is 1. The molecule has 1 nitrogen and oxygen atoms in total. The molecule has 2 saturated carbocycles. The zero-order valence-corrected chi connectivity index (χ0v) is 9.44. The summed E-state index contributed by atoms with van der Waals surface area (Å²) < 4.78 is 0. The maximum atomic E-state index is 10.6. The summed E-state index contributed by atoms with van der Waals surface area (Å²) in [5.41, 5.74) is -0.554. The summed E-state index contributed by atoms with van der Waals surface area (Å²) in [7, 11) is 0. The quantitative estimate of drug-likeness (QED) is 0.781. The Labute approximate surface area is 92.7 Å². The van der Waals surface area contributed by atoms with Crippen LogP contribution >= 0.6 is 22.9 Å². The number of hydrogen-bond donors (Lipinski definition) is 1. The van der Waals surface area contributed by atoms with Crippen LogP contribution in [0.4, 0.5) is 0 Å². The molecule has 3 heteroatoms. The van der Waals surface area contributed by atoms with Crippen LogP contribution in [0.1, 0.15) is 30.6 Å². The Morgan fingerprint density at radius 2 is 2.00 bits per heavy atom. The first-order valence-corrected chi connectivity index (χ1v) is 6.46. The summed E-state index contributed by atoms with van der Waals surface area (Å²) in [6.07, 6.45) is 4.89. The summed E-state index contributed by atoms with van der Waals surface area (Å²) in [5.74, 6) is 0.986. The second-order valence-corrected chi connectivity index (χ2v) is 5.74. The van der Waals surface area contributed by atoms with E-state index in [0.29, 0.717) is 11.8 Å². The molecule has 1 aromatic heterocycles. The van der Waals surface area contributed by atoms with Gasteiger partial charge in [0.2, 0.25) is 0 Å². The lowest BCUT2D eigenvalue weighted by molar-refractivity contribution is 0.122. The van der Waals surface area contributed by atoms with Crippen molar-refractivity contribution >= 4 is 22.9 Å². The molecule has 0 aromatic carbocycles. The highest BCUT2D eigenvalue weighted by atomic mass is 35.5. The lowest BCUT2D eigenvalue weighted by atomic mass is 10.0. The van der Waals surface area contributed by atoms with Crippen molar-refractivity contribution in [1.29, 1.82) is 0 Å². The minimum absolute atomic E-state index is 0.493. The van der Waals surface area contributed by atoms with Crippen LogP contribution in [0, 0.1) is 11.8 Å². The highest BCUT2D eigenvalue weighted by Crippen LogP contribution is 2.66. The molecule has 0 spiro atoms. The molecule has 0 bridgehead atoms. The van der Waals surface area contributed by atoms with Crippen LogP contribution in [-0.4, -0.2) is 5.11 Å². The van der Waals surface area contributed by atoms with Gasteiger partial charge in [-0.1, -0.05) is 24.4 Å². The number of fused-ring (bicyclic) bond motifs is 1. The maximum absolute atomic E-state index is 10.6. The smallest absolute Gasteiger partial charge is 0.107 e. The van der Waals surface area contributed by atoms with Gasteiger partial charge in [-0.15, -0.1) is 11.3 Å². The molecular weight excluding hydrogens is 216 g/mol. The Kier molecular flexibility index (Phi) is 1.95. The van der Waals surface area contributed by atoms with Crippen LogP contribution < -0.4 is 0 Å². The van der Waals surface area contributed by atoms with Gasteiger partial charge in [-0.2, -0.15) is 0 Å². The van der Waals surface area contributed by atoms with Gasteiger partial charge in [0.1, 0.15) is 5.60 Å². The van der Waals surface area contributed by atoms with E-state index in [1.165, 1.54) is 25.7 Å². The second-order valence-electron chi connectivity index (χ2n) is 4.42. The zero-order chi connectivity index (χ0) is 9.76. The average molecular weight is 229 g/mol. The molecule has 1 heterocycles. The minimum atomic E-state index is -0.554. The molecule has 1 N–H and O–H groups in total. The van der Waals surface area contributed by atoms with E-state index in [2.05, 4.69) is 0 Å². The van der Waals surface area contributed by atoms with Gasteiger partial charge in [0.05, 0.1) is 9.90 Å². The minimum Gasteiger partial charge on any atom is -0.384 e. The first-order chi connectivity index (χ1) is 6.74. The summed E-state index contributed by atoms with van der Waals surface area (Å²) in [6, 6.07) is 1.89. The summed E-state index contributed by atoms with van der Waals surface area (Å²) in [4.78, 5) is 1.01. The lowest BCUT2D eigenvalue weighted by Crippen LogP contribution is -2.08. The van der Waals surface area contributed by atoms with Crippen molar-refractivity contribution in [2.75, 3.05) is 0 Å². The Balaban J connectivity index is 1.96. The molecule has 1 aromatic rings. The molecule has 14 heavy (non-hydrogen) atoms. The first kappa shape index (κ1) is 9.20. The third-order valence-corrected chi connectivity index (χ3v) is 5.25. The molecule has 2 atom stereocenters. The van der Waals surface area contributed by atoms with E-state index in [-0.39, 0.29) is 0 Å². The van der Waals surface area contributed by atoms with Crippen LogP contribution in [-0.2, 0) is 5.60 Å². The molecule has 2 aliphatic carbocycles. The van der Waals surface area contributed by atoms with Crippen molar-refractivity contribution in [2.24, 2.45) is 11.8 Å². The van der Waals surface area contributed by atoms with E-state index in [1.54, 1.807) is 11.3 Å². The largest absolute Gasteiger partial charge is 0.384 e. The van der Waals surface area contributed by atoms with Crippen molar-refractivity contribution in [3.8, 4) is 0 Å². The molecule has 0 amide bonds. The van der Waals surface area contributed by atoms with E-state index >= 15 is 0 Å². The molecule has 2 fully saturated rings. The van der Waals surface area contributed by atoms with Crippen molar-refractivity contribution in [3.05, 3.63) is 21.3 Å². The number of halogens is 1. The van der Waals surface area contributed by atoms with Gasteiger partial charge < -0.3 is 5.11 Å². The zero-order valence-electron chi connectivity index (χ0n) is 7.87. The van der Waals surface area contributed by atoms with E-state index in [4.69, 9.17) is 11.6 Å². The predicted octanol–water partition coefficient (Wildman–Crippen LogP) is 3.41. The van der Waals surface area contributed by atoms with Gasteiger partial charge in [0.25, 0.3) is 0 Å². The number of hydrogen-bond acceptors (Lipinski definition) is 2. The molecule has 76 valence electrons. The first-order valence-electron chi connectivity index (χ1n) is 5.20. The van der Waals surface area contributed by atoms with E-state index in [0.717, 1.165) is 9.90 Å². The lowest BCUT2D eigenvalue weighted by Gasteiger charge is -2.08. The van der Waals surface area contributed by atoms with Crippen molar-refractivity contribution < 1.29 is 5.11 Å². The van der Waals surface area contributed by atoms with Gasteiger partial charge in [0, 0.05) is 0 Å². The fraction of sp³-hybridized carbons (Fsp3) is 0.636. The Morgan fingerprint density at radius 3 is 2.50 bits per heavy atom. The molecular formula is C11H13ClOS. The molecule has 0 radical (unpaired) electrons. The Morgan fingerprint density at radius 1 is 1.36 bits per heavy atom. The molecule has 2 aliphatic rings. The molecule has 0 aliphatic heterocycles. The van der Waals surface area contributed by atoms with E-state index in [9.17, 15) is 5.11 Å². The van der Waals surface area contributed by atoms with Crippen LogP contribution in [0.15, 0.2) is 11.4 Å². The SMILES string of the molecule is OC1(c2sccc2Cl)C2CCCCC21. The maximum Gasteiger partial charge on any atom is 0.107 e. The van der Waals surface area contributed by atoms with Gasteiger partial charge >= 0.3 is 0 Å².